The van der Waals surface area contributed by atoms with Crippen LogP contribution in [0, 0.1) is 20.8 Å². The first-order chi connectivity index (χ1) is 14.5. The van der Waals surface area contributed by atoms with Gasteiger partial charge in [-0.05, 0) is 70.4 Å². The van der Waals surface area contributed by atoms with Crippen LogP contribution in [0.2, 0.25) is 0 Å². The number of piperidine rings is 1. The molecule has 2 aromatic heterocycles. The summed E-state index contributed by atoms with van der Waals surface area (Å²) in [4.78, 5) is 24.0. The first-order valence-corrected chi connectivity index (χ1v) is 10.3. The van der Waals surface area contributed by atoms with E-state index in [0.29, 0.717) is 23.0 Å². The summed E-state index contributed by atoms with van der Waals surface area (Å²) in [5, 5.41) is 6.17. The van der Waals surface area contributed by atoms with E-state index in [4.69, 9.17) is 9.40 Å². The monoisotopic (exact) mass is 405 g/mol. The Bertz CT molecular complexity index is 1040. The second kappa shape index (κ2) is 8.57. The molecule has 3 heterocycles. The molecule has 3 aromatic rings. The number of carbonyl (C=O) groups excluding carboxylic acids is 1. The lowest BCUT2D eigenvalue weighted by atomic mass is 10.1. The van der Waals surface area contributed by atoms with E-state index in [1.165, 1.54) is 19.3 Å². The third-order valence-corrected chi connectivity index (χ3v) is 5.21. The van der Waals surface area contributed by atoms with Gasteiger partial charge in [0, 0.05) is 36.2 Å². The number of nitrogens with one attached hydrogen (secondary N) is 2. The number of furan rings is 1. The lowest BCUT2D eigenvalue weighted by Crippen LogP contribution is -2.30. The van der Waals surface area contributed by atoms with Crippen LogP contribution in [0.25, 0.3) is 0 Å². The van der Waals surface area contributed by atoms with Gasteiger partial charge in [0.05, 0.1) is 5.56 Å². The van der Waals surface area contributed by atoms with Crippen molar-refractivity contribution in [2.75, 3.05) is 28.6 Å². The Balaban J connectivity index is 1.44. The smallest absolute Gasteiger partial charge is 0.259 e. The average molecular weight is 406 g/mol. The van der Waals surface area contributed by atoms with Gasteiger partial charge >= 0.3 is 0 Å². The SMILES string of the molecule is Cc1cc(N2CCCCC2)nc(Nc2ccc(NC(=O)c3cc(C)oc3C)cc2)n1. The molecular formula is C23H27N5O2. The van der Waals surface area contributed by atoms with Gasteiger partial charge in [-0.3, -0.25) is 4.79 Å². The highest BCUT2D eigenvalue weighted by atomic mass is 16.3. The first-order valence-electron chi connectivity index (χ1n) is 10.3. The Hall–Kier alpha value is -3.35. The predicted octanol–water partition coefficient (Wildman–Crippen LogP) is 4.98. The quantitative estimate of drug-likeness (QED) is 0.623. The molecule has 1 aliphatic heterocycles. The van der Waals surface area contributed by atoms with Crippen LogP contribution in [-0.4, -0.2) is 29.0 Å². The van der Waals surface area contributed by atoms with Crippen molar-refractivity contribution in [3.8, 4) is 0 Å². The normalized spacial score (nSPS) is 13.9. The molecule has 7 heteroatoms. The fraction of sp³-hybridized carbons (Fsp3) is 0.348. The van der Waals surface area contributed by atoms with Crippen LogP contribution in [0.1, 0.15) is 46.8 Å². The zero-order chi connectivity index (χ0) is 21.1. The molecule has 30 heavy (non-hydrogen) atoms. The third-order valence-electron chi connectivity index (χ3n) is 5.21. The van der Waals surface area contributed by atoms with Crippen molar-refractivity contribution in [1.82, 2.24) is 9.97 Å². The van der Waals surface area contributed by atoms with Crippen LogP contribution < -0.4 is 15.5 Å². The van der Waals surface area contributed by atoms with Gasteiger partial charge in [-0.15, -0.1) is 0 Å². The highest BCUT2D eigenvalue weighted by Gasteiger charge is 2.15. The number of benzene rings is 1. The molecule has 156 valence electrons. The molecule has 1 saturated heterocycles. The molecule has 0 aliphatic carbocycles. The van der Waals surface area contributed by atoms with Gasteiger partial charge in [0.25, 0.3) is 5.91 Å². The zero-order valence-electron chi connectivity index (χ0n) is 17.7. The van der Waals surface area contributed by atoms with E-state index >= 15 is 0 Å². The van der Waals surface area contributed by atoms with Crippen LogP contribution in [0.4, 0.5) is 23.1 Å². The molecule has 1 aliphatic rings. The first kappa shape index (κ1) is 19.9. The summed E-state index contributed by atoms with van der Waals surface area (Å²) < 4.78 is 5.43. The van der Waals surface area contributed by atoms with Gasteiger partial charge in [0.2, 0.25) is 5.95 Å². The summed E-state index contributed by atoms with van der Waals surface area (Å²) in [6.45, 7) is 7.68. The molecule has 0 unspecified atom stereocenters. The van der Waals surface area contributed by atoms with Gasteiger partial charge in [0.1, 0.15) is 17.3 Å². The number of hydrogen-bond acceptors (Lipinski definition) is 6. The Kier molecular flexibility index (Phi) is 5.70. The van der Waals surface area contributed by atoms with Crippen LogP contribution in [0.15, 0.2) is 40.8 Å². The number of amides is 1. The van der Waals surface area contributed by atoms with Gasteiger partial charge in [0.15, 0.2) is 0 Å². The Morgan fingerprint density at radius 1 is 0.967 bits per heavy atom. The zero-order valence-corrected chi connectivity index (χ0v) is 17.7. The second-order valence-electron chi connectivity index (χ2n) is 7.72. The minimum Gasteiger partial charge on any atom is -0.466 e. The van der Waals surface area contributed by atoms with E-state index in [9.17, 15) is 4.79 Å². The van der Waals surface area contributed by atoms with Gasteiger partial charge < -0.3 is 20.0 Å². The maximum atomic E-state index is 12.4. The molecule has 0 spiro atoms. The third kappa shape index (κ3) is 4.62. The Morgan fingerprint density at radius 3 is 2.33 bits per heavy atom. The van der Waals surface area contributed by atoms with E-state index in [1.54, 1.807) is 13.0 Å². The highest BCUT2D eigenvalue weighted by molar-refractivity contribution is 6.05. The number of aryl methyl sites for hydroxylation is 3. The summed E-state index contributed by atoms with van der Waals surface area (Å²) in [7, 11) is 0. The lowest BCUT2D eigenvalue weighted by molar-refractivity contribution is 0.102. The number of hydrogen-bond donors (Lipinski definition) is 2. The molecule has 0 bridgehead atoms. The molecule has 1 amide bonds. The van der Waals surface area contributed by atoms with Crippen LogP contribution in [0.5, 0.6) is 0 Å². The van der Waals surface area contributed by atoms with Crippen molar-refractivity contribution in [3.63, 3.8) is 0 Å². The number of carbonyl (C=O) groups is 1. The molecule has 7 nitrogen and oxygen atoms in total. The topological polar surface area (TPSA) is 83.3 Å². The van der Waals surface area contributed by atoms with Crippen molar-refractivity contribution in [2.24, 2.45) is 0 Å². The summed E-state index contributed by atoms with van der Waals surface area (Å²) in [5.41, 5.74) is 3.05. The summed E-state index contributed by atoms with van der Waals surface area (Å²) >= 11 is 0. The number of anilines is 4. The highest BCUT2D eigenvalue weighted by Crippen LogP contribution is 2.23. The van der Waals surface area contributed by atoms with E-state index < -0.39 is 0 Å². The number of aromatic nitrogens is 2. The minimum atomic E-state index is -0.182. The summed E-state index contributed by atoms with van der Waals surface area (Å²) in [6, 6.07) is 11.3. The largest absolute Gasteiger partial charge is 0.466 e. The van der Waals surface area contributed by atoms with Crippen LogP contribution >= 0.6 is 0 Å². The summed E-state index contributed by atoms with van der Waals surface area (Å²) in [6.07, 6.45) is 3.70. The van der Waals surface area contributed by atoms with Crippen molar-refractivity contribution >= 4 is 29.0 Å². The molecule has 1 aromatic carbocycles. The van der Waals surface area contributed by atoms with Crippen molar-refractivity contribution in [3.05, 3.63) is 59.2 Å². The van der Waals surface area contributed by atoms with Crippen molar-refractivity contribution in [2.45, 2.75) is 40.0 Å². The van der Waals surface area contributed by atoms with E-state index in [0.717, 1.165) is 36.0 Å². The molecular weight excluding hydrogens is 378 g/mol. The van der Waals surface area contributed by atoms with Crippen LogP contribution in [0.3, 0.4) is 0 Å². The predicted molar refractivity (Wildman–Crippen MR) is 119 cm³/mol. The Morgan fingerprint density at radius 2 is 1.67 bits per heavy atom. The fourth-order valence-electron chi connectivity index (χ4n) is 3.71. The van der Waals surface area contributed by atoms with Gasteiger partial charge in [-0.25, -0.2) is 4.98 Å². The number of rotatable bonds is 5. The van der Waals surface area contributed by atoms with Gasteiger partial charge in [-0.2, -0.15) is 4.98 Å². The second-order valence-corrected chi connectivity index (χ2v) is 7.72. The molecule has 0 atom stereocenters. The molecule has 1 fully saturated rings. The van der Waals surface area contributed by atoms with Crippen LogP contribution in [-0.2, 0) is 0 Å². The van der Waals surface area contributed by atoms with E-state index in [-0.39, 0.29) is 5.91 Å². The average Bonchev–Trinajstić information content (AvgIpc) is 3.08. The maximum Gasteiger partial charge on any atom is 0.259 e. The fourth-order valence-corrected chi connectivity index (χ4v) is 3.71. The summed E-state index contributed by atoms with van der Waals surface area (Å²) in [5.74, 6) is 2.71. The Labute approximate surface area is 176 Å². The molecule has 4 rings (SSSR count). The van der Waals surface area contributed by atoms with E-state index in [2.05, 4.69) is 20.5 Å². The van der Waals surface area contributed by atoms with E-state index in [1.807, 2.05) is 44.2 Å². The molecule has 0 saturated carbocycles. The van der Waals surface area contributed by atoms with Gasteiger partial charge in [-0.1, -0.05) is 0 Å². The standard InChI is InChI=1S/C23H27N5O2/c1-15-13-21(28-11-5-4-6-12-28)27-23(24-15)26-19-9-7-18(8-10-19)25-22(29)20-14-16(2)30-17(20)3/h7-10,13-14H,4-6,11-12H2,1-3H3,(H,25,29)(H,24,26,27). The number of nitrogens with zero attached hydrogens (tertiary/aromatic N) is 3. The van der Waals surface area contributed by atoms with Crippen molar-refractivity contribution < 1.29 is 9.21 Å². The minimum absolute atomic E-state index is 0.182. The molecule has 0 radical (unpaired) electrons. The van der Waals surface area contributed by atoms with Crippen molar-refractivity contribution in [1.29, 1.82) is 0 Å². The maximum absolute atomic E-state index is 12.4. The molecule has 2 N–H and O–H groups in total. The lowest BCUT2D eigenvalue weighted by Gasteiger charge is -2.28.